The van der Waals surface area contributed by atoms with Gasteiger partial charge in [0.1, 0.15) is 5.75 Å². The zero-order valence-corrected chi connectivity index (χ0v) is 13.3. The minimum Gasteiger partial charge on any atom is -0.459 e. The molecule has 0 saturated carbocycles. The Kier molecular flexibility index (Phi) is 5.92. The fourth-order valence-corrected chi connectivity index (χ4v) is 2.20. The van der Waals surface area contributed by atoms with E-state index in [-0.39, 0.29) is 17.2 Å². The molecule has 0 radical (unpaired) electrons. The maximum absolute atomic E-state index is 12.3. The second-order valence-corrected chi connectivity index (χ2v) is 5.25. The largest absolute Gasteiger partial charge is 0.459 e. The van der Waals surface area contributed by atoms with Crippen LogP contribution in [0.4, 0.5) is 0 Å². The van der Waals surface area contributed by atoms with Gasteiger partial charge >= 0.3 is 11.9 Å². The molecule has 23 heavy (non-hydrogen) atoms. The van der Waals surface area contributed by atoms with E-state index in [2.05, 4.69) is 0 Å². The van der Waals surface area contributed by atoms with Crippen molar-refractivity contribution >= 4 is 11.9 Å². The molecular formula is C19H20O4. The van der Waals surface area contributed by atoms with E-state index < -0.39 is 11.9 Å². The van der Waals surface area contributed by atoms with Crippen molar-refractivity contribution in [1.82, 2.24) is 0 Å². The molecule has 0 aliphatic carbocycles. The molecule has 0 aromatic heterocycles. The summed E-state index contributed by atoms with van der Waals surface area (Å²) in [5.74, 6) is -0.654. The van der Waals surface area contributed by atoms with Crippen LogP contribution in [-0.4, -0.2) is 18.0 Å². The van der Waals surface area contributed by atoms with E-state index in [1.165, 1.54) is 0 Å². The van der Waals surface area contributed by atoms with Crippen LogP contribution in [-0.2, 0) is 4.74 Å². The Morgan fingerprint density at radius 1 is 0.913 bits per heavy atom. The van der Waals surface area contributed by atoms with Gasteiger partial charge in [-0.1, -0.05) is 43.7 Å². The normalized spacial score (nSPS) is 11.6. The number of hydrogen-bond donors (Lipinski definition) is 0. The average Bonchev–Trinajstić information content (AvgIpc) is 2.56. The van der Waals surface area contributed by atoms with E-state index in [0.717, 1.165) is 12.8 Å². The molecule has 120 valence electrons. The SMILES string of the molecule is CCCC(C)OC(=O)c1ccccc1C(=O)Oc1ccccc1. The fraction of sp³-hybridized carbons (Fsp3) is 0.263. The van der Waals surface area contributed by atoms with Gasteiger partial charge in [-0.05, 0) is 37.6 Å². The van der Waals surface area contributed by atoms with Gasteiger partial charge in [0.15, 0.2) is 0 Å². The molecule has 0 aliphatic heterocycles. The first-order chi connectivity index (χ1) is 11.1. The van der Waals surface area contributed by atoms with Crippen molar-refractivity contribution in [3.63, 3.8) is 0 Å². The molecule has 0 fully saturated rings. The van der Waals surface area contributed by atoms with Gasteiger partial charge < -0.3 is 9.47 Å². The van der Waals surface area contributed by atoms with Crippen molar-refractivity contribution in [3.05, 3.63) is 65.7 Å². The molecule has 0 aliphatic rings. The first kappa shape index (κ1) is 16.7. The highest BCUT2D eigenvalue weighted by Gasteiger charge is 2.20. The van der Waals surface area contributed by atoms with E-state index in [1.807, 2.05) is 19.9 Å². The van der Waals surface area contributed by atoms with Crippen LogP contribution < -0.4 is 4.74 Å². The summed E-state index contributed by atoms with van der Waals surface area (Å²) in [7, 11) is 0. The molecule has 0 N–H and O–H groups in total. The number of esters is 2. The molecule has 0 bridgehead atoms. The molecule has 1 atom stereocenters. The lowest BCUT2D eigenvalue weighted by Crippen LogP contribution is -2.19. The average molecular weight is 312 g/mol. The lowest BCUT2D eigenvalue weighted by atomic mass is 10.1. The maximum Gasteiger partial charge on any atom is 0.344 e. The smallest absolute Gasteiger partial charge is 0.344 e. The van der Waals surface area contributed by atoms with Crippen LogP contribution in [0, 0.1) is 0 Å². The van der Waals surface area contributed by atoms with Gasteiger partial charge in [-0.25, -0.2) is 9.59 Å². The number of ether oxygens (including phenoxy) is 2. The summed E-state index contributed by atoms with van der Waals surface area (Å²) in [4.78, 5) is 24.6. The van der Waals surface area contributed by atoms with Crippen LogP contribution in [0.1, 0.15) is 47.4 Å². The highest BCUT2D eigenvalue weighted by atomic mass is 16.5. The predicted octanol–water partition coefficient (Wildman–Crippen LogP) is 4.25. The molecule has 2 rings (SSSR count). The third-order valence-electron chi connectivity index (χ3n) is 3.32. The highest BCUT2D eigenvalue weighted by molar-refractivity contribution is 6.03. The summed E-state index contributed by atoms with van der Waals surface area (Å²) >= 11 is 0. The van der Waals surface area contributed by atoms with Crippen molar-refractivity contribution in [2.75, 3.05) is 0 Å². The lowest BCUT2D eigenvalue weighted by Gasteiger charge is -2.14. The Hall–Kier alpha value is -2.62. The summed E-state index contributed by atoms with van der Waals surface area (Å²) in [6.07, 6.45) is 1.51. The zero-order valence-electron chi connectivity index (χ0n) is 13.3. The Bertz CT molecular complexity index is 664. The summed E-state index contributed by atoms with van der Waals surface area (Å²) < 4.78 is 10.7. The first-order valence-corrected chi connectivity index (χ1v) is 7.69. The first-order valence-electron chi connectivity index (χ1n) is 7.69. The summed E-state index contributed by atoms with van der Waals surface area (Å²) in [6, 6.07) is 15.3. The molecule has 2 aromatic rings. The van der Waals surface area contributed by atoms with Gasteiger partial charge in [-0.2, -0.15) is 0 Å². The number of carbonyl (C=O) groups is 2. The maximum atomic E-state index is 12.3. The van der Waals surface area contributed by atoms with Crippen molar-refractivity contribution < 1.29 is 19.1 Å². The van der Waals surface area contributed by atoms with E-state index in [1.54, 1.807) is 48.5 Å². The van der Waals surface area contributed by atoms with Gasteiger partial charge in [0.25, 0.3) is 0 Å². The van der Waals surface area contributed by atoms with Crippen molar-refractivity contribution in [1.29, 1.82) is 0 Å². The molecule has 0 heterocycles. The predicted molar refractivity (Wildman–Crippen MR) is 87.6 cm³/mol. The van der Waals surface area contributed by atoms with Crippen molar-refractivity contribution in [3.8, 4) is 5.75 Å². The van der Waals surface area contributed by atoms with Crippen molar-refractivity contribution in [2.24, 2.45) is 0 Å². The summed E-state index contributed by atoms with van der Waals surface area (Å²) in [5.41, 5.74) is 0.418. The number of rotatable bonds is 6. The van der Waals surface area contributed by atoms with Crippen LogP contribution in [0.2, 0.25) is 0 Å². The fourth-order valence-electron chi connectivity index (χ4n) is 2.20. The van der Waals surface area contributed by atoms with Crippen LogP contribution in [0.5, 0.6) is 5.75 Å². The standard InChI is InChI=1S/C19H20O4/c1-3-9-14(2)22-18(20)16-12-7-8-13-17(16)19(21)23-15-10-5-4-6-11-15/h4-8,10-14H,3,9H2,1-2H3. The van der Waals surface area contributed by atoms with Crippen LogP contribution in [0.25, 0.3) is 0 Å². The third kappa shape index (κ3) is 4.68. The third-order valence-corrected chi connectivity index (χ3v) is 3.32. The van der Waals surface area contributed by atoms with Gasteiger partial charge in [0, 0.05) is 0 Å². The zero-order chi connectivity index (χ0) is 16.7. The molecular weight excluding hydrogens is 292 g/mol. The van der Waals surface area contributed by atoms with Crippen LogP contribution in [0.15, 0.2) is 54.6 Å². The molecule has 4 heteroatoms. The Morgan fingerprint density at radius 3 is 2.09 bits per heavy atom. The monoisotopic (exact) mass is 312 g/mol. The number of carbonyl (C=O) groups excluding carboxylic acids is 2. The molecule has 4 nitrogen and oxygen atoms in total. The quantitative estimate of drug-likeness (QED) is 0.591. The Morgan fingerprint density at radius 2 is 1.48 bits per heavy atom. The minimum absolute atomic E-state index is 0.189. The van der Waals surface area contributed by atoms with Gasteiger partial charge in [-0.15, -0.1) is 0 Å². The Balaban J connectivity index is 2.16. The second kappa shape index (κ2) is 8.13. The molecule has 0 saturated heterocycles. The van der Waals surface area contributed by atoms with E-state index >= 15 is 0 Å². The van der Waals surface area contributed by atoms with Gasteiger partial charge in [-0.3, -0.25) is 0 Å². The number of benzene rings is 2. The molecule has 0 spiro atoms. The molecule has 1 unspecified atom stereocenters. The van der Waals surface area contributed by atoms with E-state index in [0.29, 0.717) is 5.75 Å². The minimum atomic E-state index is -0.577. The summed E-state index contributed by atoms with van der Waals surface area (Å²) in [5, 5.41) is 0. The van der Waals surface area contributed by atoms with Crippen LogP contribution in [0.3, 0.4) is 0 Å². The molecule has 0 amide bonds. The molecule has 2 aromatic carbocycles. The number of para-hydroxylation sites is 1. The lowest BCUT2D eigenvalue weighted by molar-refractivity contribution is 0.0318. The second-order valence-electron chi connectivity index (χ2n) is 5.25. The van der Waals surface area contributed by atoms with E-state index in [4.69, 9.17) is 9.47 Å². The topological polar surface area (TPSA) is 52.6 Å². The Labute approximate surface area is 136 Å². The number of hydrogen-bond acceptors (Lipinski definition) is 4. The van der Waals surface area contributed by atoms with E-state index in [9.17, 15) is 9.59 Å². The van der Waals surface area contributed by atoms with Gasteiger partial charge in [0.2, 0.25) is 0 Å². The van der Waals surface area contributed by atoms with Gasteiger partial charge in [0.05, 0.1) is 17.2 Å². The highest BCUT2D eigenvalue weighted by Crippen LogP contribution is 2.17. The summed E-state index contributed by atoms with van der Waals surface area (Å²) in [6.45, 7) is 3.86. The van der Waals surface area contributed by atoms with Crippen LogP contribution >= 0.6 is 0 Å². The van der Waals surface area contributed by atoms with Crippen molar-refractivity contribution in [2.45, 2.75) is 32.8 Å².